The van der Waals surface area contributed by atoms with Gasteiger partial charge in [0.2, 0.25) is 5.91 Å². The van der Waals surface area contributed by atoms with E-state index in [9.17, 15) is 9.59 Å². The maximum absolute atomic E-state index is 12.8. The predicted octanol–water partition coefficient (Wildman–Crippen LogP) is 5.72. The minimum absolute atomic E-state index is 0.0196. The molecule has 4 aliphatic rings. The van der Waals surface area contributed by atoms with E-state index in [1.165, 1.54) is 56.9 Å². The fraction of sp³-hybridized carbons (Fsp3) is 0.867. The van der Waals surface area contributed by atoms with Gasteiger partial charge in [-0.1, -0.05) is 65.5 Å². The first-order valence-electron chi connectivity index (χ1n) is 23.0. The van der Waals surface area contributed by atoms with Gasteiger partial charge in [-0.25, -0.2) is 4.79 Å². The number of carbonyl (C=O) groups excluding carboxylic acids is 2. The largest absolute Gasteiger partial charge is 0.446 e. The van der Waals surface area contributed by atoms with E-state index >= 15 is 0 Å². The number of amides is 2. The molecule has 4 rings (SSSR count). The van der Waals surface area contributed by atoms with Crippen LogP contribution in [0.2, 0.25) is 0 Å². The van der Waals surface area contributed by atoms with Crippen molar-refractivity contribution in [3.8, 4) is 0 Å². The third-order valence-corrected chi connectivity index (χ3v) is 14.4. The van der Waals surface area contributed by atoms with Crippen LogP contribution in [0.3, 0.4) is 0 Å². The fourth-order valence-corrected chi connectivity index (χ4v) is 11.3. The lowest BCUT2D eigenvalue weighted by molar-refractivity contribution is -0.132. The van der Waals surface area contributed by atoms with Gasteiger partial charge in [0.1, 0.15) is 6.10 Å². The first kappa shape index (κ1) is 48.6. The standard InChI is InChI=1S/C45H82N8O6/c1-32(2)9-6-10-33(3)37-13-14-38-36-12-11-34-31-35(15-18-44(34,4)39(36)16-19-45(37,38)5)59-43(55)52-22-26-57-28-30-58-29-27-56-25-17-40(54)53(23-7-20-50-41(46)47)24-8-21-51-42(48)49/h11,32-33,35-39H,6-10,12-31H2,1-5H3,(H,52,55)(H4,46,47,50)(H4,48,49,51)/t33-,35+,36+,37-,38+,39+,44+,45-/m1/s1. The molecule has 3 saturated carbocycles. The number of nitrogens with one attached hydrogen (secondary N) is 1. The van der Waals surface area contributed by atoms with Gasteiger partial charge in [0.25, 0.3) is 0 Å². The van der Waals surface area contributed by atoms with Gasteiger partial charge in [-0.2, -0.15) is 0 Å². The van der Waals surface area contributed by atoms with Gasteiger partial charge < -0.3 is 52.1 Å². The number of nitrogens with two attached hydrogens (primary N) is 4. The Morgan fingerprint density at radius 3 is 2.10 bits per heavy atom. The second-order valence-electron chi connectivity index (χ2n) is 18.8. The minimum atomic E-state index is -0.365. The van der Waals surface area contributed by atoms with Crippen molar-refractivity contribution >= 4 is 23.9 Å². The van der Waals surface area contributed by atoms with Gasteiger partial charge in [0.05, 0.1) is 46.1 Å². The molecular weight excluding hydrogens is 749 g/mol. The zero-order chi connectivity index (χ0) is 42.8. The van der Waals surface area contributed by atoms with E-state index in [4.69, 9.17) is 41.9 Å². The second kappa shape index (κ2) is 24.4. The van der Waals surface area contributed by atoms with Crippen LogP contribution in [0.4, 0.5) is 4.79 Å². The summed E-state index contributed by atoms with van der Waals surface area (Å²) in [6.07, 6.45) is 17.4. The van der Waals surface area contributed by atoms with Crippen molar-refractivity contribution in [2.45, 2.75) is 131 Å². The average Bonchev–Trinajstić information content (AvgIpc) is 3.54. The molecule has 338 valence electrons. The summed E-state index contributed by atoms with van der Waals surface area (Å²) in [6, 6.07) is 0. The highest BCUT2D eigenvalue weighted by Gasteiger charge is 2.59. The van der Waals surface area contributed by atoms with Crippen molar-refractivity contribution in [3.63, 3.8) is 0 Å². The van der Waals surface area contributed by atoms with Crippen LogP contribution in [0, 0.1) is 46.3 Å². The molecule has 59 heavy (non-hydrogen) atoms. The van der Waals surface area contributed by atoms with Crippen LogP contribution in [-0.4, -0.2) is 107 Å². The summed E-state index contributed by atoms with van der Waals surface area (Å²) in [7, 11) is 0. The highest BCUT2D eigenvalue weighted by Crippen LogP contribution is 2.67. The Bertz CT molecular complexity index is 1360. The summed E-state index contributed by atoms with van der Waals surface area (Å²) < 4.78 is 22.8. The maximum Gasteiger partial charge on any atom is 0.407 e. The van der Waals surface area contributed by atoms with Crippen LogP contribution < -0.4 is 28.3 Å². The third-order valence-electron chi connectivity index (χ3n) is 14.4. The number of hydrogen-bond donors (Lipinski definition) is 5. The number of carbonyl (C=O) groups is 2. The summed E-state index contributed by atoms with van der Waals surface area (Å²) in [5, 5.41) is 2.87. The first-order chi connectivity index (χ1) is 28.2. The first-order valence-corrected chi connectivity index (χ1v) is 23.0. The summed E-state index contributed by atoms with van der Waals surface area (Å²) >= 11 is 0. The maximum atomic E-state index is 12.8. The molecule has 0 spiro atoms. The second-order valence-corrected chi connectivity index (χ2v) is 18.8. The lowest BCUT2D eigenvalue weighted by Gasteiger charge is -2.58. The third kappa shape index (κ3) is 14.8. The normalized spacial score (nSPS) is 27.8. The molecule has 0 unspecified atom stereocenters. The van der Waals surface area contributed by atoms with E-state index in [1.807, 2.05) is 0 Å². The van der Waals surface area contributed by atoms with Crippen molar-refractivity contribution in [1.29, 1.82) is 0 Å². The van der Waals surface area contributed by atoms with E-state index in [2.05, 4.69) is 56.0 Å². The number of guanidine groups is 2. The van der Waals surface area contributed by atoms with Gasteiger partial charge in [0, 0.05) is 39.1 Å². The Morgan fingerprint density at radius 2 is 1.46 bits per heavy atom. The molecule has 9 N–H and O–H groups in total. The lowest BCUT2D eigenvalue weighted by atomic mass is 9.47. The summed E-state index contributed by atoms with van der Waals surface area (Å²) in [6.45, 7) is 17.0. The number of hydrogen-bond acceptors (Lipinski definition) is 8. The van der Waals surface area contributed by atoms with Crippen LogP contribution >= 0.6 is 0 Å². The molecule has 14 nitrogen and oxygen atoms in total. The molecular formula is C45H82N8O6. The average molecular weight is 831 g/mol. The van der Waals surface area contributed by atoms with Gasteiger partial charge in [-0.05, 0) is 104 Å². The summed E-state index contributed by atoms with van der Waals surface area (Å²) in [5.74, 6) is 4.96. The SMILES string of the molecule is CC(C)CCC[C@@H](C)[C@H]1CC[C@H]2[C@@H]3CC=C4C[C@@H](OC(=O)NCCOCCOCCOCCC(=O)N(CCCN=C(N)N)CCCN=C(N)N)CC[C@]4(C)[C@H]3CC[C@]12C. The predicted molar refractivity (Wildman–Crippen MR) is 236 cm³/mol. The number of rotatable bonds is 26. The van der Waals surface area contributed by atoms with E-state index in [0.717, 1.165) is 54.8 Å². The van der Waals surface area contributed by atoms with Crippen molar-refractivity contribution in [3.05, 3.63) is 11.6 Å². The molecule has 0 saturated heterocycles. The molecule has 4 aliphatic carbocycles. The van der Waals surface area contributed by atoms with Gasteiger partial charge in [-0.15, -0.1) is 0 Å². The fourth-order valence-electron chi connectivity index (χ4n) is 11.3. The summed E-state index contributed by atoms with van der Waals surface area (Å²) in [4.78, 5) is 35.2. The topological polar surface area (TPSA) is 215 Å². The van der Waals surface area contributed by atoms with Crippen LogP contribution in [0.15, 0.2) is 21.6 Å². The monoisotopic (exact) mass is 831 g/mol. The van der Waals surface area contributed by atoms with Crippen molar-refractivity contribution in [1.82, 2.24) is 10.2 Å². The molecule has 0 aliphatic heterocycles. The van der Waals surface area contributed by atoms with Crippen molar-refractivity contribution < 1.29 is 28.5 Å². The molecule has 8 atom stereocenters. The number of fused-ring (bicyclic) bond motifs is 5. The highest BCUT2D eigenvalue weighted by atomic mass is 16.6. The zero-order valence-electron chi connectivity index (χ0n) is 37.4. The Hall–Kier alpha value is -3.10. The molecule has 0 aromatic heterocycles. The number of alkyl carbamates (subject to hydrolysis) is 1. The van der Waals surface area contributed by atoms with Crippen LogP contribution in [-0.2, 0) is 23.7 Å². The quantitative estimate of drug-likeness (QED) is 0.0310. The smallest absolute Gasteiger partial charge is 0.407 e. The van der Waals surface area contributed by atoms with Crippen LogP contribution in [0.5, 0.6) is 0 Å². The van der Waals surface area contributed by atoms with Gasteiger partial charge in [-0.3, -0.25) is 14.8 Å². The van der Waals surface area contributed by atoms with Crippen molar-refractivity contribution in [2.24, 2.45) is 79.3 Å². The minimum Gasteiger partial charge on any atom is -0.446 e. The molecule has 0 aromatic carbocycles. The van der Waals surface area contributed by atoms with E-state index in [0.29, 0.717) is 84.0 Å². The number of ether oxygens (including phenoxy) is 4. The molecule has 0 aromatic rings. The van der Waals surface area contributed by atoms with Gasteiger partial charge in [0.15, 0.2) is 11.9 Å². The highest BCUT2D eigenvalue weighted by molar-refractivity contribution is 5.77. The lowest BCUT2D eigenvalue weighted by Crippen LogP contribution is -2.51. The van der Waals surface area contributed by atoms with Crippen LogP contribution in [0.25, 0.3) is 0 Å². The Kier molecular flexibility index (Phi) is 20.1. The van der Waals surface area contributed by atoms with E-state index < -0.39 is 0 Å². The van der Waals surface area contributed by atoms with Crippen molar-refractivity contribution in [2.75, 3.05) is 72.4 Å². The summed E-state index contributed by atoms with van der Waals surface area (Å²) in [5.41, 5.74) is 23.9. The van der Waals surface area contributed by atoms with E-state index in [1.54, 1.807) is 4.90 Å². The molecule has 14 heteroatoms. The Morgan fingerprint density at radius 1 is 0.814 bits per heavy atom. The molecule has 0 radical (unpaired) electrons. The number of allylic oxidation sites excluding steroid dienone is 1. The van der Waals surface area contributed by atoms with Gasteiger partial charge >= 0.3 is 6.09 Å². The van der Waals surface area contributed by atoms with Crippen LogP contribution in [0.1, 0.15) is 125 Å². The molecule has 3 fully saturated rings. The number of nitrogens with zero attached hydrogens (tertiary/aromatic N) is 3. The Balaban J connectivity index is 1.04. The Labute approximate surface area is 355 Å². The molecule has 0 heterocycles. The van der Waals surface area contributed by atoms with E-state index in [-0.39, 0.29) is 48.5 Å². The zero-order valence-corrected chi connectivity index (χ0v) is 37.4. The molecule has 0 bridgehead atoms. The molecule has 2 amide bonds. The number of aliphatic imine (C=N–C) groups is 2.